The molecule has 0 aromatic heterocycles. The molecular weight excluding hydrogens is 296 g/mol. The SMILES string of the molecule is Cc1ccc(NS(=O)(=O)N2CCCc3ccccc32)c(C)c1. The van der Waals surface area contributed by atoms with E-state index in [1.807, 2.05) is 56.3 Å². The second-order valence-electron chi connectivity index (χ2n) is 5.73. The number of aryl methyl sites for hydroxylation is 3. The van der Waals surface area contributed by atoms with Crippen LogP contribution < -0.4 is 9.03 Å². The van der Waals surface area contributed by atoms with E-state index in [1.54, 1.807) is 0 Å². The van der Waals surface area contributed by atoms with E-state index in [2.05, 4.69) is 4.72 Å². The number of anilines is 2. The lowest BCUT2D eigenvalue weighted by Crippen LogP contribution is -2.39. The Labute approximate surface area is 132 Å². The van der Waals surface area contributed by atoms with Crippen molar-refractivity contribution in [3.63, 3.8) is 0 Å². The Morgan fingerprint density at radius 3 is 2.64 bits per heavy atom. The van der Waals surface area contributed by atoms with Crippen LogP contribution in [0, 0.1) is 13.8 Å². The van der Waals surface area contributed by atoms with Gasteiger partial charge in [-0.25, -0.2) is 0 Å². The van der Waals surface area contributed by atoms with Crippen LogP contribution in [0.2, 0.25) is 0 Å². The quantitative estimate of drug-likeness (QED) is 0.943. The molecule has 5 heteroatoms. The molecule has 0 fully saturated rings. The lowest BCUT2D eigenvalue weighted by molar-refractivity contribution is 0.592. The summed E-state index contributed by atoms with van der Waals surface area (Å²) in [5.41, 5.74) is 4.54. The van der Waals surface area contributed by atoms with Crippen molar-refractivity contribution in [2.45, 2.75) is 26.7 Å². The summed E-state index contributed by atoms with van der Waals surface area (Å²) >= 11 is 0. The molecule has 22 heavy (non-hydrogen) atoms. The molecule has 1 aliphatic heterocycles. The molecule has 0 saturated heterocycles. The number of rotatable bonds is 3. The number of fused-ring (bicyclic) bond motifs is 1. The maximum atomic E-state index is 12.8. The van der Waals surface area contributed by atoms with E-state index < -0.39 is 10.2 Å². The van der Waals surface area contributed by atoms with Gasteiger partial charge in [-0.3, -0.25) is 9.03 Å². The van der Waals surface area contributed by atoms with Gasteiger partial charge in [0.15, 0.2) is 0 Å². The lowest BCUT2D eigenvalue weighted by Gasteiger charge is -2.30. The summed E-state index contributed by atoms with van der Waals surface area (Å²) in [5, 5.41) is 0. The van der Waals surface area contributed by atoms with Gasteiger partial charge in [-0.15, -0.1) is 0 Å². The van der Waals surface area contributed by atoms with Crippen LogP contribution in [0.5, 0.6) is 0 Å². The predicted octanol–water partition coefficient (Wildman–Crippen LogP) is 3.41. The van der Waals surface area contributed by atoms with Crippen LogP contribution in [0.25, 0.3) is 0 Å². The zero-order valence-corrected chi connectivity index (χ0v) is 13.7. The molecule has 1 aliphatic rings. The van der Waals surface area contributed by atoms with Crippen LogP contribution in [0.1, 0.15) is 23.1 Å². The number of benzene rings is 2. The third-order valence-corrected chi connectivity index (χ3v) is 5.42. The molecule has 2 aromatic rings. The number of nitrogens with zero attached hydrogens (tertiary/aromatic N) is 1. The zero-order valence-electron chi connectivity index (χ0n) is 12.8. The van der Waals surface area contributed by atoms with Crippen molar-refractivity contribution in [2.24, 2.45) is 0 Å². The normalized spacial score (nSPS) is 14.5. The van der Waals surface area contributed by atoms with Gasteiger partial charge in [0.05, 0.1) is 11.4 Å². The van der Waals surface area contributed by atoms with Gasteiger partial charge in [-0.05, 0) is 49.9 Å². The van der Waals surface area contributed by atoms with Gasteiger partial charge in [0.25, 0.3) is 0 Å². The molecule has 116 valence electrons. The van der Waals surface area contributed by atoms with Crippen LogP contribution in [0.4, 0.5) is 11.4 Å². The van der Waals surface area contributed by atoms with Gasteiger partial charge in [-0.2, -0.15) is 8.42 Å². The molecule has 0 spiro atoms. The molecule has 0 amide bonds. The number of hydrogen-bond donors (Lipinski definition) is 1. The lowest BCUT2D eigenvalue weighted by atomic mass is 10.0. The Morgan fingerprint density at radius 1 is 1.09 bits per heavy atom. The van der Waals surface area contributed by atoms with E-state index in [9.17, 15) is 8.42 Å². The second-order valence-corrected chi connectivity index (χ2v) is 7.32. The van der Waals surface area contributed by atoms with Crippen LogP contribution >= 0.6 is 0 Å². The molecule has 4 nitrogen and oxygen atoms in total. The van der Waals surface area contributed by atoms with Gasteiger partial charge in [-0.1, -0.05) is 35.9 Å². The largest absolute Gasteiger partial charge is 0.323 e. The maximum absolute atomic E-state index is 12.8. The van der Waals surface area contributed by atoms with Crippen LogP contribution in [-0.4, -0.2) is 15.0 Å². The minimum absolute atomic E-state index is 0.511. The fourth-order valence-electron chi connectivity index (χ4n) is 2.87. The highest BCUT2D eigenvalue weighted by atomic mass is 32.2. The summed E-state index contributed by atoms with van der Waals surface area (Å²) in [7, 11) is -3.60. The van der Waals surface area contributed by atoms with Gasteiger partial charge < -0.3 is 0 Å². The monoisotopic (exact) mass is 316 g/mol. The van der Waals surface area contributed by atoms with Gasteiger partial charge in [0, 0.05) is 6.54 Å². The molecule has 0 unspecified atom stereocenters. The molecule has 0 aliphatic carbocycles. The van der Waals surface area contributed by atoms with Crippen molar-refractivity contribution >= 4 is 21.6 Å². The predicted molar refractivity (Wildman–Crippen MR) is 90.6 cm³/mol. The summed E-state index contributed by atoms with van der Waals surface area (Å²) in [6.07, 6.45) is 1.76. The first-order valence-corrected chi connectivity index (χ1v) is 8.87. The Morgan fingerprint density at radius 2 is 1.86 bits per heavy atom. The topological polar surface area (TPSA) is 49.4 Å². The average Bonchev–Trinajstić information content (AvgIpc) is 2.49. The first kappa shape index (κ1) is 14.9. The Bertz CT molecular complexity index is 800. The summed E-state index contributed by atoms with van der Waals surface area (Å²) in [6.45, 7) is 4.42. The first-order valence-electron chi connectivity index (χ1n) is 7.43. The van der Waals surface area contributed by atoms with Crippen LogP contribution in [-0.2, 0) is 16.6 Å². The van der Waals surface area contributed by atoms with Crippen molar-refractivity contribution in [1.82, 2.24) is 0 Å². The molecule has 0 saturated carbocycles. The second kappa shape index (κ2) is 5.65. The van der Waals surface area contributed by atoms with E-state index in [1.165, 1.54) is 4.31 Å². The smallest absolute Gasteiger partial charge is 0.266 e. The number of hydrogen-bond acceptors (Lipinski definition) is 2. The third kappa shape index (κ3) is 2.81. The van der Waals surface area contributed by atoms with Crippen LogP contribution in [0.15, 0.2) is 42.5 Å². The standard InChI is InChI=1S/C17H20N2O2S/c1-13-9-10-16(14(2)12-13)18-22(20,21)19-11-5-7-15-6-3-4-8-17(15)19/h3-4,6,8-10,12,18H,5,7,11H2,1-2H3. The van der Waals surface area contributed by atoms with Crippen molar-refractivity contribution in [3.8, 4) is 0 Å². The minimum Gasteiger partial charge on any atom is -0.266 e. The molecule has 0 bridgehead atoms. The first-order chi connectivity index (χ1) is 10.5. The molecule has 2 aromatic carbocycles. The number of para-hydroxylation sites is 1. The zero-order chi connectivity index (χ0) is 15.7. The third-order valence-electron chi connectivity index (χ3n) is 3.98. The van der Waals surface area contributed by atoms with Gasteiger partial charge in [0.2, 0.25) is 0 Å². The highest BCUT2D eigenvalue weighted by Gasteiger charge is 2.27. The molecule has 0 atom stereocenters. The Hall–Kier alpha value is -2.01. The summed E-state index contributed by atoms with van der Waals surface area (Å²) < 4.78 is 29.7. The summed E-state index contributed by atoms with van der Waals surface area (Å²) in [4.78, 5) is 0. The van der Waals surface area contributed by atoms with Gasteiger partial charge >= 0.3 is 10.2 Å². The van der Waals surface area contributed by atoms with E-state index in [0.29, 0.717) is 12.2 Å². The molecule has 1 heterocycles. The maximum Gasteiger partial charge on any atom is 0.323 e. The van der Waals surface area contributed by atoms with E-state index in [0.717, 1.165) is 35.2 Å². The molecule has 1 N–H and O–H groups in total. The van der Waals surface area contributed by atoms with Crippen molar-refractivity contribution in [2.75, 3.05) is 15.6 Å². The van der Waals surface area contributed by atoms with Gasteiger partial charge in [0.1, 0.15) is 0 Å². The van der Waals surface area contributed by atoms with Crippen molar-refractivity contribution in [3.05, 3.63) is 59.2 Å². The molecule has 3 rings (SSSR count). The minimum atomic E-state index is -3.60. The van der Waals surface area contributed by atoms with E-state index in [4.69, 9.17) is 0 Å². The van der Waals surface area contributed by atoms with Crippen molar-refractivity contribution < 1.29 is 8.42 Å². The van der Waals surface area contributed by atoms with Crippen molar-refractivity contribution in [1.29, 1.82) is 0 Å². The summed E-state index contributed by atoms with van der Waals surface area (Å²) in [6, 6.07) is 13.4. The molecule has 0 radical (unpaired) electrons. The van der Waals surface area contributed by atoms with E-state index in [-0.39, 0.29) is 0 Å². The Balaban J connectivity index is 1.94. The highest BCUT2D eigenvalue weighted by Crippen LogP contribution is 2.30. The summed E-state index contributed by atoms with van der Waals surface area (Å²) in [5.74, 6) is 0. The number of nitrogens with one attached hydrogen (secondary N) is 1. The van der Waals surface area contributed by atoms with E-state index >= 15 is 0 Å². The van der Waals surface area contributed by atoms with Crippen LogP contribution in [0.3, 0.4) is 0 Å². The Kier molecular flexibility index (Phi) is 3.83. The highest BCUT2D eigenvalue weighted by molar-refractivity contribution is 7.94. The fraction of sp³-hybridized carbons (Fsp3) is 0.294. The molecular formula is C17H20N2O2S. The fourth-order valence-corrected chi connectivity index (χ4v) is 4.29. The average molecular weight is 316 g/mol.